The quantitative estimate of drug-likeness (QED) is 0.368. The molecule has 1 N–H and O–H groups in total. The van der Waals surface area contributed by atoms with E-state index in [1.165, 1.54) is 19.1 Å². The molecular formula is C24H27Cl3F3N3O4S. The Kier molecular flexibility index (Phi) is 10.7. The maximum atomic E-state index is 13.5. The van der Waals surface area contributed by atoms with E-state index < -0.39 is 56.9 Å². The number of carbonyl (C=O) groups is 2. The standard InChI is InChI=1S/C24H27Cl3F3N3O4S/c1-5-14(2)31-23(35)15(3)32(12-16-6-8-20(26)21(27)10-16)22(34)13-33(38(4,36)37)17-7-9-19(25)18(11-17)24(28,29)30/h6-11,14-15H,5,12-13H2,1-4H3,(H,31,35). The van der Waals surface area contributed by atoms with Gasteiger partial charge in [-0.25, -0.2) is 8.42 Å². The predicted octanol–water partition coefficient (Wildman–Crippen LogP) is 5.76. The lowest BCUT2D eigenvalue weighted by Gasteiger charge is -2.32. The van der Waals surface area contributed by atoms with Gasteiger partial charge in [-0.05, 0) is 56.2 Å². The monoisotopic (exact) mass is 615 g/mol. The molecule has 7 nitrogen and oxygen atoms in total. The van der Waals surface area contributed by atoms with Crippen LogP contribution in [0.1, 0.15) is 38.3 Å². The van der Waals surface area contributed by atoms with E-state index in [2.05, 4.69) is 5.32 Å². The minimum absolute atomic E-state index is 0.156. The number of nitrogens with one attached hydrogen (secondary N) is 1. The van der Waals surface area contributed by atoms with Gasteiger partial charge in [0.1, 0.15) is 12.6 Å². The van der Waals surface area contributed by atoms with E-state index in [0.29, 0.717) is 22.4 Å². The largest absolute Gasteiger partial charge is 0.417 e. The number of hydrogen-bond acceptors (Lipinski definition) is 4. The summed E-state index contributed by atoms with van der Waals surface area (Å²) in [5.74, 6) is -1.33. The number of hydrogen-bond donors (Lipinski definition) is 1. The summed E-state index contributed by atoms with van der Waals surface area (Å²) in [5, 5.41) is 2.60. The molecule has 2 aromatic rings. The van der Waals surface area contributed by atoms with Crippen LogP contribution in [0.4, 0.5) is 18.9 Å². The first kappa shape index (κ1) is 32.0. The normalized spacial score (nSPS) is 13.5. The zero-order valence-electron chi connectivity index (χ0n) is 20.9. The van der Waals surface area contributed by atoms with Gasteiger partial charge in [-0.15, -0.1) is 0 Å². The molecule has 2 aromatic carbocycles. The summed E-state index contributed by atoms with van der Waals surface area (Å²) in [4.78, 5) is 27.5. The van der Waals surface area contributed by atoms with Crippen LogP contribution in [0.2, 0.25) is 15.1 Å². The second-order valence-electron chi connectivity index (χ2n) is 8.70. The van der Waals surface area contributed by atoms with Crippen molar-refractivity contribution in [2.24, 2.45) is 0 Å². The first-order chi connectivity index (χ1) is 17.4. The summed E-state index contributed by atoms with van der Waals surface area (Å²) in [6.45, 7) is 4.07. The molecule has 2 atom stereocenters. The molecule has 38 heavy (non-hydrogen) atoms. The fraction of sp³-hybridized carbons (Fsp3) is 0.417. The van der Waals surface area contributed by atoms with E-state index in [1.54, 1.807) is 13.0 Å². The number of sulfonamides is 1. The smallest absolute Gasteiger partial charge is 0.352 e. The van der Waals surface area contributed by atoms with Crippen LogP contribution in [0.5, 0.6) is 0 Å². The third kappa shape index (κ3) is 8.39. The molecule has 0 aromatic heterocycles. The van der Waals surface area contributed by atoms with Gasteiger partial charge in [-0.3, -0.25) is 13.9 Å². The summed E-state index contributed by atoms with van der Waals surface area (Å²) < 4.78 is 66.0. The Balaban J connectivity index is 2.50. The third-order valence-electron chi connectivity index (χ3n) is 5.73. The molecule has 2 amide bonds. The van der Waals surface area contributed by atoms with E-state index in [0.717, 1.165) is 23.3 Å². The maximum Gasteiger partial charge on any atom is 0.417 e. The average molecular weight is 617 g/mol. The Morgan fingerprint density at radius 2 is 1.61 bits per heavy atom. The second kappa shape index (κ2) is 12.8. The highest BCUT2D eigenvalue weighted by atomic mass is 35.5. The average Bonchev–Trinajstić information content (AvgIpc) is 2.81. The molecule has 0 spiro atoms. The summed E-state index contributed by atoms with van der Waals surface area (Å²) in [6.07, 6.45) is -3.48. The lowest BCUT2D eigenvalue weighted by molar-refractivity contribution is -0.139. The molecule has 2 unspecified atom stereocenters. The molecule has 0 bridgehead atoms. The van der Waals surface area contributed by atoms with E-state index >= 15 is 0 Å². The van der Waals surface area contributed by atoms with Crippen LogP contribution in [0.15, 0.2) is 36.4 Å². The number of nitrogens with zero attached hydrogens (tertiary/aromatic N) is 2. The molecule has 0 radical (unpaired) electrons. The van der Waals surface area contributed by atoms with E-state index in [1.807, 2.05) is 6.92 Å². The molecule has 0 aliphatic heterocycles. The Morgan fingerprint density at radius 3 is 2.13 bits per heavy atom. The molecule has 0 aliphatic rings. The van der Waals surface area contributed by atoms with Crippen molar-refractivity contribution < 1.29 is 31.2 Å². The zero-order chi connectivity index (χ0) is 29.0. The molecule has 0 saturated carbocycles. The highest BCUT2D eigenvalue weighted by molar-refractivity contribution is 7.92. The first-order valence-electron chi connectivity index (χ1n) is 11.3. The van der Waals surface area contributed by atoms with E-state index in [9.17, 15) is 31.2 Å². The summed E-state index contributed by atoms with van der Waals surface area (Å²) in [6, 6.07) is 5.83. The first-order valence-corrected chi connectivity index (χ1v) is 14.3. The van der Waals surface area contributed by atoms with Crippen LogP contribution in [-0.4, -0.2) is 50.0 Å². The SMILES string of the molecule is CCC(C)NC(=O)C(C)N(Cc1ccc(Cl)c(Cl)c1)C(=O)CN(c1ccc(Cl)c(C(F)(F)F)c1)S(C)(=O)=O. The van der Waals surface area contributed by atoms with Gasteiger partial charge in [0, 0.05) is 12.6 Å². The van der Waals surface area contributed by atoms with Crippen LogP contribution < -0.4 is 9.62 Å². The van der Waals surface area contributed by atoms with E-state index in [-0.39, 0.29) is 22.6 Å². The number of carbonyl (C=O) groups excluding carboxylic acids is 2. The lowest BCUT2D eigenvalue weighted by Crippen LogP contribution is -2.52. The van der Waals surface area contributed by atoms with Crippen molar-refractivity contribution in [1.82, 2.24) is 10.2 Å². The number of halogens is 6. The minimum atomic E-state index is -4.86. The highest BCUT2D eigenvalue weighted by Gasteiger charge is 2.35. The second-order valence-corrected chi connectivity index (χ2v) is 11.8. The van der Waals surface area contributed by atoms with Crippen LogP contribution in [0.3, 0.4) is 0 Å². The highest BCUT2D eigenvalue weighted by Crippen LogP contribution is 2.37. The van der Waals surface area contributed by atoms with Crippen LogP contribution in [0.25, 0.3) is 0 Å². The zero-order valence-corrected chi connectivity index (χ0v) is 24.0. The number of anilines is 1. The van der Waals surface area contributed by atoms with Crippen LogP contribution in [-0.2, 0) is 32.3 Å². The maximum absolute atomic E-state index is 13.5. The summed E-state index contributed by atoms with van der Waals surface area (Å²) >= 11 is 17.7. The van der Waals surface area contributed by atoms with Gasteiger partial charge in [-0.2, -0.15) is 13.2 Å². The van der Waals surface area contributed by atoms with Crippen LogP contribution in [0, 0.1) is 0 Å². The van der Waals surface area contributed by atoms with Crippen molar-refractivity contribution in [2.45, 2.75) is 52.0 Å². The van der Waals surface area contributed by atoms with Crippen molar-refractivity contribution >= 4 is 62.3 Å². The summed E-state index contributed by atoms with van der Waals surface area (Å²) in [7, 11) is -4.24. The Hall–Kier alpha value is -2.21. The topological polar surface area (TPSA) is 86.8 Å². The lowest BCUT2D eigenvalue weighted by atomic mass is 10.1. The van der Waals surface area contributed by atoms with Crippen molar-refractivity contribution in [1.29, 1.82) is 0 Å². The van der Waals surface area contributed by atoms with Gasteiger partial charge < -0.3 is 10.2 Å². The number of alkyl halides is 3. The minimum Gasteiger partial charge on any atom is -0.352 e. The Labute approximate surface area is 234 Å². The van der Waals surface area contributed by atoms with Gasteiger partial charge in [0.05, 0.1) is 32.6 Å². The van der Waals surface area contributed by atoms with Gasteiger partial charge in [0.25, 0.3) is 0 Å². The molecule has 2 rings (SSSR count). The van der Waals surface area contributed by atoms with Gasteiger partial charge in [0.2, 0.25) is 21.8 Å². The van der Waals surface area contributed by atoms with Gasteiger partial charge >= 0.3 is 6.18 Å². The van der Waals surface area contributed by atoms with Gasteiger partial charge in [-0.1, -0.05) is 47.8 Å². The fourth-order valence-corrected chi connectivity index (χ4v) is 4.77. The predicted molar refractivity (Wildman–Crippen MR) is 143 cm³/mol. The molecule has 210 valence electrons. The number of benzene rings is 2. The van der Waals surface area contributed by atoms with Crippen molar-refractivity contribution in [3.8, 4) is 0 Å². The van der Waals surface area contributed by atoms with Crippen molar-refractivity contribution in [3.05, 3.63) is 62.6 Å². The Bertz CT molecular complexity index is 1290. The van der Waals surface area contributed by atoms with Crippen LogP contribution >= 0.6 is 34.8 Å². The molecular weight excluding hydrogens is 590 g/mol. The van der Waals surface area contributed by atoms with Crippen molar-refractivity contribution in [3.63, 3.8) is 0 Å². The fourth-order valence-electron chi connectivity index (χ4n) is 3.38. The number of amides is 2. The van der Waals surface area contributed by atoms with Gasteiger partial charge in [0.15, 0.2) is 0 Å². The van der Waals surface area contributed by atoms with E-state index in [4.69, 9.17) is 34.8 Å². The molecule has 0 aliphatic carbocycles. The number of rotatable bonds is 10. The molecule has 0 heterocycles. The third-order valence-corrected chi connectivity index (χ3v) is 7.94. The molecule has 0 fully saturated rings. The van der Waals surface area contributed by atoms with Crippen molar-refractivity contribution in [2.75, 3.05) is 17.1 Å². The summed E-state index contributed by atoms with van der Waals surface area (Å²) in [5.41, 5.74) is -1.18. The Morgan fingerprint density at radius 1 is 1.00 bits per heavy atom. The molecule has 14 heteroatoms. The molecule has 0 saturated heterocycles.